The quantitative estimate of drug-likeness (QED) is 0.288. The van der Waals surface area contributed by atoms with Gasteiger partial charge in [-0.2, -0.15) is 13.2 Å². The predicted molar refractivity (Wildman–Crippen MR) is 149 cm³/mol. The average molecular weight is 650 g/mol. The Hall–Kier alpha value is -4.21. The summed E-state index contributed by atoms with van der Waals surface area (Å²) in [5, 5.41) is 10.7. The molecule has 3 rings (SSSR count). The van der Waals surface area contributed by atoms with Gasteiger partial charge in [-0.1, -0.05) is 11.6 Å². The SMILES string of the molecule is CN(C(=O)[C@@H]1CN(CC(C)(C)C(=O)O)C(=O)N1c1cc(C(F)(F)F)cc(NC(=O)OC(C)(C)C)n1)c1ccc(F)c(Cl)c1F. The Labute approximate surface area is 253 Å². The van der Waals surface area contributed by atoms with E-state index >= 15 is 0 Å². The van der Waals surface area contributed by atoms with Crippen LogP contribution in [0.3, 0.4) is 0 Å². The van der Waals surface area contributed by atoms with E-state index in [9.17, 15) is 46.2 Å². The molecular formula is C27H29ClF5N5O6. The fraction of sp³-hybridized carbons (Fsp3) is 0.444. The number of anilines is 3. The van der Waals surface area contributed by atoms with E-state index in [0.717, 1.165) is 24.1 Å². The number of alkyl halides is 3. The number of carbonyl (C=O) groups excluding carboxylic acids is 3. The number of aliphatic carboxylic acids is 1. The number of halogens is 6. The summed E-state index contributed by atoms with van der Waals surface area (Å²) in [6.45, 7) is 6.07. The normalized spacial score (nSPS) is 15.8. The number of benzene rings is 1. The topological polar surface area (TPSA) is 132 Å². The molecule has 1 aliphatic heterocycles. The number of carboxylic acid groups (broad SMARTS) is 1. The summed E-state index contributed by atoms with van der Waals surface area (Å²) >= 11 is 5.65. The third-order valence-corrected chi connectivity index (χ3v) is 6.70. The maximum atomic E-state index is 14.8. The van der Waals surface area contributed by atoms with Crippen molar-refractivity contribution in [3.63, 3.8) is 0 Å². The van der Waals surface area contributed by atoms with Crippen molar-refractivity contribution in [1.29, 1.82) is 0 Å². The number of hydrogen-bond acceptors (Lipinski definition) is 6. The summed E-state index contributed by atoms with van der Waals surface area (Å²) in [6, 6.07) is -0.166. The van der Waals surface area contributed by atoms with Crippen LogP contribution in [-0.2, 0) is 20.5 Å². The van der Waals surface area contributed by atoms with Crippen LogP contribution in [0, 0.1) is 17.0 Å². The molecule has 1 atom stereocenters. The molecule has 0 unspecified atom stereocenters. The fourth-order valence-electron chi connectivity index (χ4n) is 4.17. The number of hydrogen-bond donors (Lipinski definition) is 2. The van der Waals surface area contributed by atoms with Gasteiger partial charge in [0, 0.05) is 13.6 Å². The number of pyridine rings is 1. The first-order chi connectivity index (χ1) is 20.0. The highest BCUT2D eigenvalue weighted by Gasteiger charge is 2.48. The van der Waals surface area contributed by atoms with Gasteiger partial charge in [0.15, 0.2) is 5.82 Å². The molecule has 17 heteroatoms. The molecule has 1 aliphatic rings. The van der Waals surface area contributed by atoms with Crippen LogP contribution in [0.4, 0.5) is 48.9 Å². The molecule has 2 heterocycles. The van der Waals surface area contributed by atoms with Crippen molar-refractivity contribution in [2.24, 2.45) is 5.41 Å². The van der Waals surface area contributed by atoms with Crippen molar-refractivity contribution in [1.82, 2.24) is 9.88 Å². The average Bonchev–Trinajstić information content (AvgIpc) is 3.19. The first-order valence-corrected chi connectivity index (χ1v) is 13.2. The highest BCUT2D eigenvalue weighted by molar-refractivity contribution is 6.31. The molecule has 4 amide bonds. The lowest BCUT2D eigenvalue weighted by Gasteiger charge is -2.27. The van der Waals surface area contributed by atoms with Crippen LogP contribution >= 0.6 is 11.6 Å². The summed E-state index contributed by atoms with van der Waals surface area (Å²) in [7, 11) is 1.07. The van der Waals surface area contributed by atoms with Crippen molar-refractivity contribution in [2.75, 3.05) is 35.3 Å². The lowest BCUT2D eigenvalue weighted by Crippen LogP contribution is -2.47. The summed E-state index contributed by atoms with van der Waals surface area (Å²) in [4.78, 5) is 57.6. The smallest absolute Gasteiger partial charge is 0.416 e. The third kappa shape index (κ3) is 7.46. The van der Waals surface area contributed by atoms with E-state index in [2.05, 4.69) is 10.3 Å². The number of ether oxygens (including phenoxy) is 1. The third-order valence-electron chi connectivity index (χ3n) is 6.35. The van der Waals surface area contributed by atoms with E-state index in [-0.39, 0.29) is 0 Å². The van der Waals surface area contributed by atoms with E-state index < -0.39 is 99.9 Å². The summed E-state index contributed by atoms with van der Waals surface area (Å²) in [6.07, 6.45) is -6.18. The Balaban J connectivity index is 2.15. The number of carboxylic acids is 1. The van der Waals surface area contributed by atoms with E-state index in [0.29, 0.717) is 21.9 Å². The summed E-state index contributed by atoms with van der Waals surface area (Å²) < 4.78 is 75.5. The molecule has 240 valence electrons. The minimum atomic E-state index is -5.01. The number of likely N-dealkylation sites (N-methyl/N-ethyl adjacent to an activating group) is 1. The number of aromatic nitrogens is 1. The Morgan fingerprint density at radius 3 is 2.30 bits per heavy atom. The number of nitrogens with zero attached hydrogens (tertiary/aromatic N) is 4. The zero-order valence-electron chi connectivity index (χ0n) is 24.3. The van der Waals surface area contributed by atoms with Crippen molar-refractivity contribution in [3.05, 3.63) is 46.5 Å². The van der Waals surface area contributed by atoms with Gasteiger partial charge in [-0.3, -0.25) is 19.8 Å². The monoisotopic (exact) mass is 649 g/mol. The molecule has 0 bridgehead atoms. The molecule has 1 saturated heterocycles. The van der Waals surface area contributed by atoms with Gasteiger partial charge in [0.1, 0.15) is 34.1 Å². The minimum Gasteiger partial charge on any atom is -0.481 e. The number of nitrogens with one attached hydrogen (secondary N) is 1. The second kappa shape index (κ2) is 12.1. The van der Waals surface area contributed by atoms with E-state index in [1.807, 2.05) is 0 Å². The Morgan fingerprint density at radius 1 is 1.14 bits per heavy atom. The van der Waals surface area contributed by atoms with Gasteiger partial charge in [0.2, 0.25) is 0 Å². The van der Waals surface area contributed by atoms with Gasteiger partial charge < -0.3 is 19.6 Å². The number of amides is 4. The first-order valence-electron chi connectivity index (χ1n) is 12.9. The standard InChI is InChI=1S/C27H29ClF5N5O6/c1-25(2,3)44-23(42)35-17-9-13(27(31,32)33)10-18(34-17)38-16(11-37(24(38)43)12-26(4,5)22(40)41)21(39)36(6)15-8-7-14(29)19(28)20(15)30/h7-10,16H,11-12H2,1-6H3,(H,40,41)(H,34,35,42)/t16-/m0/s1. The Bertz CT molecular complexity index is 1500. The predicted octanol–water partition coefficient (Wildman–Crippen LogP) is 5.76. The van der Waals surface area contributed by atoms with Gasteiger partial charge in [-0.25, -0.2) is 23.4 Å². The van der Waals surface area contributed by atoms with Crippen LogP contribution in [0.15, 0.2) is 24.3 Å². The fourth-order valence-corrected chi connectivity index (χ4v) is 4.33. The van der Waals surface area contributed by atoms with Crippen LogP contribution in [0.1, 0.15) is 40.2 Å². The zero-order chi connectivity index (χ0) is 33.5. The first kappa shape index (κ1) is 34.3. The lowest BCUT2D eigenvalue weighted by atomic mass is 9.93. The molecule has 1 aromatic heterocycles. The van der Waals surface area contributed by atoms with Gasteiger partial charge in [0.25, 0.3) is 5.91 Å². The summed E-state index contributed by atoms with van der Waals surface area (Å²) in [5.41, 5.74) is -4.46. The molecule has 0 aliphatic carbocycles. The second-order valence-electron chi connectivity index (χ2n) is 11.6. The van der Waals surface area contributed by atoms with Gasteiger partial charge >= 0.3 is 24.3 Å². The molecule has 0 spiro atoms. The second-order valence-corrected chi connectivity index (χ2v) is 11.9. The lowest BCUT2D eigenvalue weighted by molar-refractivity contribution is -0.147. The van der Waals surface area contributed by atoms with Crippen LogP contribution in [-0.4, -0.2) is 70.8 Å². The molecule has 0 saturated carbocycles. The van der Waals surface area contributed by atoms with Crippen LogP contribution in [0.25, 0.3) is 0 Å². The van der Waals surface area contributed by atoms with Gasteiger partial charge in [-0.15, -0.1) is 0 Å². The minimum absolute atomic E-state index is 0.458. The molecule has 1 fully saturated rings. The molecule has 44 heavy (non-hydrogen) atoms. The van der Waals surface area contributed by atoms with E-state index in [1.165, 1.54) is 34.6 Å². The van der Waals surface area contributed by atoms with Crippen molar-refractivity contribution in [2.45, 2.75) is 52.4 Å². The zero-order valence-corrected chi connectivity index (χ0v) is 25.1. The number of urea groups is 1. The maximum absolute atomic E-state index is 14.8. The van der Waals surface area contributed by atoms with Crippen LogP contribution in [0.5, 0.6) is 0 Å². The Morgan fingerprint density at radius 2 is 1.75 bits per heavy atom. The molecular weight excluding hydrogens is 621 g/mol. The van der Waals surface area contributed by atoms with Crippen LogP contribution < -0.4 is 15.1 Å². The largest absolute Gasteiger partial charge is 0.481 e. The molecule has 1 aromatic carbocycles. The van der Waals surface area contributed by atoms with Crippen LogP contribution in [0.2, 0.25) is 5.02 Å². The highest BCUT2D eigenvalue weighted by Crippen LogP contribution is 2.36. The number of rotatable bonds is 7. The van der Waals surface area contributed by atoms with E-state index in [1.54, 1.807) is 0 Å². The van der Waals surface area contributed by atoms with Crippen molar-refractivity contribution in [3.8, 4) is 0 Å². The number of carbonyl (C=O) groups is 4. The Kier molecular flexibility index (Phi) is 9.39. The van der Waals surface area contributed by atoms with E-state index in [4.69, 9.17) is 16.3 Å². The molecule has 11 nitrogen and oxygen atoms in total. The molecule has 0 radical (unpaired) electrons. The van der Waals surface area contributed by atoms with Gasteiger partial charge in [-0.05, 0) is 58.9 Å². The van der Waals surface area contributed by atoms with Crippen molar-refractivity contribution >= 4 is 52.9 Å². The molecule has 2 aromatic rings. The molecule has 2 N–H and O–H groups in total. The highest BCUT2D eigenvalue weighted by atomic mass is 35.5. The maximum Gasteiger partial charge on any atom is 0.416 e. The summed E-state index contributed by atoms with van der Waals surface area (Å²) in [5.74, 6) is -6.23. The van der Waals surface area contributed by atoms with Gasteiger partial charge in [0.05, 0.1) is 23.2 Å². The van der Waals surface area contributed by atoms with Crippen molar-refractivity contribution < 1.29 is 51.0 Å².